The van der Waals surface area contributed by atoms with E-state index in [1.807, 2.05) is 4.57 Å². The number of aryl methyl sites for hydroxylation is 2. The molecule has 6 rings (SSSR count). The molecule has 5 nitrogen and oxygen atoms in total. The Morgan fingerprint density at radius 3 is 2.40 bits per heavy atom. The molecule has 0 amide bonds. The molecule has 0 fully saturated rings. The molecule has 3 aromatic heterocycles. The summed E-state index contributed by atoms with van der Waals surface area (Å²) in [5, 5.41) is 12.0. The van der Waals surface area contributed by atoms with Gasteiger partial charge in [-0.3, -0.25) is 4.57 Å². The normalized spacial score (nSPS) is 16.9. The Hall–Kier alpha value is -3.21. The van der Waals surface area contributed by atoms with Crippen LogP contribution in [0.15, 0.2) is 49.2 Å². The molecule has 0 unspecified atom stereocenters. The summed E-state index contributed by atoms with van der Waals surface area (Å²) in [4.78, 5) is 0. The first-order chi connectivity index (χ1) is 14.2. The van der Waals surface area contributed by atoms with Crippen molar-refractivity contribution in [1.82, 2.24) is 19.2 Å². The molecule has 150 valence electrons. The van der Waals surface area contributed by atoms with E-state index in [9.17, 15) is 0 Å². The second-order valence-electron chi connectivity index (χ2n) is 9.79. The lowest BCUT2D eigenvalue weighted by Crippen LogP contribution is -2.44. The van der Waals surface area contributed by atoms with Crippen LogP contribution in [0, 0.1) is 6.92 Å². The van der Waals surface area contributed by atoms with Gasteiger partial charge < -0.3 is 0 Å². The van der Waals surface area contributed by atoms with E-state index in [4.69, 9.17) is 0 Å². The quantitative estimate of drug-likeness (QED) is 0.308. The fraction of sp³-hybridized carbons (Fsp3) is 0.320. The Kier molecular flexibility index (Phi) is 3.10. The maximum Gasteiger partial charge on any atom is 0.295 e. The molecule has 0 saturated carbocycles. The Bertz CT molecular complexity index is 1500. The highest BCUT2D eigenvalue weighted by Gasteiger charge is 2.50. The van der Waals surface area contributed by atoms with E-state index in [1.165, 1.54) is 44.1 Å². The lowest BCUT2D eigenvalue weighted by molar-refractivity contribution is -0.643. The average Bonchev–Trinajstić information content (AvgIpc) is 3.35. The molecule has 5 aromatic rings. The molecule has 2 aromatic carbocycles. The van der Waals surface area contributed by atoms with Gasteiger partial charge >= 0.3 is 0 Å². The number of benzene rings is 2. The van der Waals surface area contributed by atoms with Gasteiger partial charge in [-0.05, 0) is 24.6 Å². The highest BCUT2D eigenvalue weighted by Crippen LogP contribution is 2.51. The minimum absolute atomic E-state index is 0.0424. The van der Waals surface area contributed by atoms with Gasteiger partial charge in [0.25, 0.3) is 5.65 Å². The van der Waals surface area contributed by atoms with Gasteiger partial charge in [0.1, 0.15) is 24.4 Å². The van der Waals surface area contributed by atoms with Crippen molar-refractivity contribution in [3.63, 3.8) is 0 Å². The van der Waals surface area contributed by atoms with Gasteiger partial charge in [-0.15, -0.1) is 10.2 Å². The van der Waals surface area contributed by atoms with Crippen LogP contribution in [0.4, 0.5) is 0 Å². The van der Waals surface area contributed by atoms with Crippen molar-refractivity contribution in [3.8, 4) is 5.69 Å². The lowest BCUT2D eigenvalue weighted by Gasteiger charge is -2.43. The maximum atomic E-state index is 4.05. The maximum absolute atomic E-state index is 4.05. The minimum atomic E-state index is -0.0545. The average molecular weight is 397 g/mol. The first-order valence-corrected chi connectivity index (χ1v) is 10.5. The fourth-order valence-electron chi connectivity index (χ4n) is 5.40. The molecular formula is C25H26N5+. The Morgan fingerprint density at radius 1 is 0.933 bits per heavy atom. The van der Waals surface area contributed by atoms with Crippen molar-refractivity contribution in [3.05, 3.63) is 66.0 Å². The second kappa shape index (κ2) is 5.28. The molecule has 30 heavy (non-hydrogen) atoms. The monoisotopic (exact) mass is 396 g/mol. The van der Waals surface area contributed by atoms with Crippen LogP contribution in [0.3, 0.4) is 0 Å². The van der Waals surface area contributed by atoms with Crippen LogP contribution in [0.25, 0.3) is 33.0 Å². The van der Waals surface area contributed by atoms with E-state index < -0.39 is 0 Å². The number of nitrogens with zero attached hydrogens (tertiary/aromatic N) is 5. The van der Waals surface area contributed by atoms with E-state index in [-0.39, 0.29) is 10.8 Å². The van der Waals surface area contributed by atoms with Crippen molar-refractivity contribution in [2.24, 2.45) is 7.05 Å². The third kappa shape index (κ3) is 1.86. The molecule has 0 saturated heterocycles. The zero-order valence-corrected chi connectivity index (χ0v) is 18.4. The van der Waals surface area contributed by atoms with Gasteiger partial charge in [0.15, 0.2) is 5.69 Å². The van der Waals surface area contributed by atoms with Crippen molar-refractivity contribution in [2.45, 2.75) is 45.4 Å². The number of hydrogen-bond donors (Lipinski definition) is 0. The highest BCUT2D eigenvalue weighted by molar-refractivity contribution is 6.14. The lowest BCUT2D eigenvalue weighted by atomic mass is 9.60. The topological polar surface area (TPSA) is 39.0 Å². The van der Waals surface area contributed by atoms with Gasteiger partial charge in [0.05, 0.1) is 12.4 Å². The summed E-state index contributed by atoms with van der Waals surface area (Å²) in [6.45, 7) is 11.7. The van der Waals surface area contributed by atoms with Crippen LogP contribution >= 0.6 is 0 Å². The Balaban J connectivity index is 1.98. The zero-order valence-electron chi connectivity index (χ0n) is 18.4. The molecule has 4 heterocycles. The van der Waals surface area contributed by atoms with E-state index in [0.29, 0.717) is 0 Å². The SMILES string of the molecule is Cc1cccc2c3cc(-n4cnnc4)cc4c3n3c(c[n+](C)c3c12)C(C)(C)C4(C)C. The highest BCUT2D eigenvalue weighted by atomic mass is 15.2. The predicted molar refractivity (Wildman–Crippen MR) is 119 cm³/mol. The summed E-state index contributed by atoms with van der Waals surface area (Å²) in [5.41, 5.74) is 7.63. The molecule has 0 aliphatic carbocycles. The van der Waals surface area contributed by atoms with Gasteiger partial charge in [-0.1, -0.05) is 45.9 Å². The molecule has 0 N–H and O–H groups in total. The first-order valence-electron chi connectivity index (χ1n) is 10.5. The Morgan fingerprint density at radius 2 is 1.67 bits per heavy atom. The Labute approximate surface area is 175 Å². The molecule has 0 spiro atoms. The third-order valence-electron chi connectivity index (χ3n) is 7.80. The fourth-order valence-corrected chi connectivity index (χ4v) is 5.40. The van der Waals surface area contributed by atoms with Crippen molar-refractivity contribution in [2.75, 3.05) is 0 Å². The van der Waals surface area contributed by atoms with Crippen molar-refractivity contribution >= 4 is 27.3 Å². The van der Waals surface area contributed by atoms with Gasteiger partial charge in [-0.2, -0.15) is 4.40 Å². The largest absolute Gasteiger partial charge is 0.295 e. The summed E-state index contributed by atoms with van der Waals surface area (Å²) in [5.74, 6) is 0. The second-order valence-corrected chi connectivity index (χ2v) is 9.79. The van der Waals surface area contributed by atoms with Gasteiger partial charge in [0, 0.05) is 32.9 Å². The van der Waals surface area contributed by atoms with E-state index in [1.54, 1.807) is 12.7 Å². The number of fused-ring (bicyclic) bond motifs is 3. The summed E-state index contributed by atoms with van der Waals surface area (Å²) in [6.07, 6.45) is 5.89. The van der Waals surface area contributed by atoms with Crippen LogP contribution in [0.2, 0.25) is 0 Å². The molecule has 1 aliphatic rings. The number of hydrogen-bond acceptors (Lipinski definition) is 2. The van der Waals surface area contributed by atoms with Crippen LogP contribution < -0.4 is 4.57 Å². The van der Waals surface area contributed by atoms with Crippen molar-refractivity contribution < 1.29 is 4.57 Å². The van der Waals surface area contributed by atoms with Crippen molar-refractivity contribution in [1.29, 1.82) is 0 Å². The third-order valence-corrected chi connectivity index (χ3v) is 7.80. The molecule has 0 radical (unpaired) electrons. The van der Waals surface area contributed by atoms with Gasteiger partial charge in [-0.25, -0.2) is 4.57 Å². The standard InChI is InChI=1S/C25H26N5/c1-15-8-7-9-17-18-10-16(29-13-26-27-14-29)11-19-22(18)30-20(25(4,5)24(19,2)3)12-28(6)23(30)21(15)17/h7-14H,1-6H3/q+1. The smallest absolute Gasteiger partial charge is 0.288 e. The number of imidazole rings is 1. The number of aromatic nitrogens is 5. The number of rotatable bonds is 1. The number of pyridine rings is 1. The summed E-state index contributed by atoms with van der Waals surface area (Å²) in [6, 6.07) is 11.3. The molecular weight excluding hydrogens is 370 g/mol. The van der Waals surface area contributed by atoms with Crippen LogP contribution in [0.1, 0.15) is 44.5 Å². The minimum Gasteiger partial charge on any atom is -0.288 e. The van der Waals surface area contributed by atoms with E-state index in [2.05, 4.69) is 97.4 Å². The van der Waals surface area contributed by atoms with Crippen LogP contribution in [-0.4, -0.2) is 19.2 Å². The zero-order chi connectivity index (χ0) is 21.0. The molecule has 0 bridgehead atoms. The molecule has 5 heteroatoms. The first kappa shape index (κ1) is 17.6. The predicted octanol–water partition coefficient (Wildman–Crippen LogP) is 4.53. The molecule has 0 atom stereocenters. The van der Waals surface area contributed by atoms with E-state index >= 15 is 0 Å². The van der Waals surface area contributed by atoms with Crippen LogP contribution in [0.5, 0.6) is 0 Å². The van der Waals surface area contributed by atoms with Crippen LogP contribution in [-0.2, 0) is 17.9 Å². The summed E-state index contributed by atoms with van der Waals surface area (Å²) >= 11 is 0. The summed E-state index contributed by atoms with van der Waals surface area (Å²) < 4.78 is 6.84. The van der Waals surface area contributed by atoms with Gasteiger partial charge in [0.2, 0.25) is 0 Å². The summed E-state index contributed by atoms with van der Waals surface area (Å²) in [7, 11) is 2.18. The molecule has 1 aliphatic heterocycles. The van der Waals surface area contributed by atoms with E-state index in [0.717, 1.165) is 5.69 Å².